The summed E-state index contributed by atoms with van der Waals surface area (Å²) in [6.07, 6.45) is 2.17. The van der Waals surface area contributed by atoms with Gasteiger partial charge >= 0.3 is 5.97 Å². The van der Waals surface area contributed by atoms with E-state index >= 15 is 0 Å². The SMILES string of the molecule is COC(=O)C(COCC1CCNCC1)NC(C)=O. The van der Waals surface area contributed by atoms with Gasteiger partial charge in [0.1, 0.15) is 0 Å². The third kappa shape index (κ3) is 5.46. The highest BCUT2D eigenvalue weighted by Gasteiger charge is 2.21. The molecule has 2 N–H and O–H groups in total. The summed E-state index contributed by atoms with van der Waals surface area (Å²) in [5.74, 6) is -0.215. The minimum atomic E-state index is -0.714. The number of ether oxygens (including phenoxy) is 2. The lowest BCUT2D eigenvalue weighted by Gasteiger charge is -2.23. The number of hydrogen-bond donors (Lipinski definition) is 2. The Kier molecular flexibility index (Phi) is 6.67. The summed E-state index contributed by atoms with van der Waals surface area (Å²) in [6.45, 7) is 4.17. The first-order valence-electron chi connectivity index (χ1n) is 6.27. The van der Waals surface area contributed by atoms with E-state index in [1.54, 1.807) is 0 Å². The van der Waals surface area contributed by atoms with E-state index in [9.17, 15) is 9.59 Å². The van der Waals surface area contributed by atoms with Gasteiger partial charge < -0.3 is 20.1 Å². The van der Waals surface area contributed by atoms with Crippen molar-refractivity contribution in [1.82, 2.24) is 10.6 Å². The molecular formula is C12H22N2O4. The molecule has 6 heteroatoms. The zero-order valence-electron chi connectivity index (χ0n) is 11.0. The fourth-order valence-corrected chi connectivity index (χ4v) is 1.96. The average Bonchev–Trinajstić information content (AvgIpc) is 2.37. The van der Waals surface area contributed by atoms with Crippen molar-refractivity contribution in [3.63, 3.8) is 0 Å². The Balaban J connectivity index is 2.27. The molecule has 1 aliphatic heterocycles. The number of rotatable bonds is 6. The van der Waals surface area contributed by atoms with Crippen molar-refractivity contribution in [2.24, 2.45) is 5.92 Å². The van der Waals surface area contributed by atoms with E-state index < -0.39 is 12.0 Å². The molecule has 1 aliphatic rings. The normalized spacial score (nSPS) is 18.1. The third-order valence-electron chi connectivity index (χ3n) is 2.96. The molecule has 0 aromatic heterocycles. The molecule has 104 valence electrons. The molecular weight excluding hydrogens is 236 g/mol. The van der Waals surface area contributed by atoms with E-state index in [2.05, 4.69) is 15.4 Å². The number of hydrogen-bond acceptors (Lipinski definition) is 5. The van der Waals surface area contributed by atoms with E-state index in [0.717, 1.165) is 25.9 Å². The van der Waals surface area contributed by atoms with Gasteiger partial charge in [0, 0.05) is 13.5 Å². The number of amides is 1. The number of piperidine rings is 1. The Morgan fingerprint density at radius 2 is 2.06 bits per heavy atom. The fraction of sp³-hybridized carbons (Fsp3) is 0.833. The minimum absolute atomic E-state index is 0.163. The van der Waals surface area contributed by atoms with Crippen LogP contribution in [0.15, 0.2) is 0 Å². The molecule has 1 rings (SSSR count). The van der Waals surface area contributed by atoms with Gasteiger partial charge in [0.15, 0.2) is 6.04 Å². The summed E-state index contributed by atoms with van der Waals surface area (Å²) in [4.78, 5) is 22.4. The molecule has 0 aromatic rings. The summed E-state index contributed by atoms with van der Waals surface area (Å²) < 4.78 is 10.1. The lowest BCUT2D eigenvalue weighted by atomic mass is 9.99. The average molecular weight is 258 g/mol. The lowest BCUT2D eigenvalue weighted by Crippen LogP contribution is -2.44. The molecule has 1 amide bonds. The zero-order valence-corrected chi connectivity index (χ0v) is 11.0. The molecule has 6 nitrogen and oxygen atoms in total. The van der Waals surface area contributed by atoms with Crippen molar-refractivity contribution in [3.8, 4) is 0 Å². The zero-order chi connectivity index (χ0) is 13.4. The number of nitrogens with one attached hydrogen (secondary N) is 2. The lowest BCUT2D eigenvalue weighted by molar-refractivity contribution is -0.146. The van der Waals surface area contributed by atoms with Crippen LogP contribution < -0.4 is 10.6 Å². The van der Waals surface area contributed by atoms with Crippen LogP contribution in [0.5, 0.6) is 0 Å². The smallest absolute Gasteiger partial charge is 0.330 e. The first-order chi connectivity index (χ1) is 8.63. The van der Waals surface area contributed by atoms with E-state index in [0.29, 0.717) is 12.5 Å². The van der Waals surface area contributed by atoms with Gasteiger partial charge in [-0.3, -0.25) is 4.79 Å². The maximum absolute atomic E-state index is 11.4. The van der Waals surface area contributed by atoms with Gasteiger partial charge in [-0.15, -0.1) is 0 Å². The molecule has 0 aromatic carbocycles. The highest BCUT2D eigenvalue weighted by atomic mass is 16.5. The largest absolute Gasteiger partial charge is 0.467 e. The first kappa shape index (κ1) is 14.9. The predicted octanol–water partition coefficient (Wildman–Crippen LogP) is -0.320. The van der Waals surface area contributed by atoms with E-state index in [-0.39, 0.29) is 12.5 Å². The van der Waals surface area contributed by atoms with Crippen LogP contribution in [0.2, 0.25) is 0 Å². The van der Waals surface area contributed by atoms with Crippen molar-refractivity contribution in [1.29, 1.82) is 0 Å². The van der Waals surface area contributed by atoms with Crippen LogP contribution in [-0.2, 0) is 19.1 Å². The molecule has 0 saturated carbocycles. The van der Waals surface area contributed by atoms with Crippen LogP contribution in [0.3, 0.4) is 0 Å². The predicted molar refractivity (Wildman–Crippen MR) is 66.0 cm³/mol. The van der Waals surface area contributed by atoms with Crippen LogP contribution >= 0.6 is 0 Å². The van der Waals surface area contributed by atoms with Gasteiger partial charge in [0.2, 0.25) is 5.91 Å². The molecule has 0 bridgehead atoms. The summed E-state index contributed by atoms with van der Waals surface area (Å²) in [7, 11) is 1.30. The Bertz CT molecular complexity index is 277. The number of esters is 1. The maximum atomic E-state index is 11.4. The number of carbonyl (C=O) groups is 2. The van der Waals surface area contributed by atoms with Crippen LogP contribution in [0.25, 0.3) is 0 Å². The van der Waals surface area contributed by atoms with Crippen LogP contribution in [-0.4, -0.2) is 51.3 Å². The van der Waals surface area contributed by atoms with Gasteiger partial charge in [-0.25, -0.2) is 4.79 Å². The summed E-state index contributed by atoms with van der Waals surface area (Å²) in [5, 5.41) is 5.80. The van der Waals surface area contributed by atoms with E-state index in [4.69, 9.17) is 4.74 Å². The number of methoxy groups -OCH3 is 1. The van der Waals surface area contributed by atoms with Crippen molar-refractivity contribution < 1.29 is 19.1 Å². The molecule has 1 atom stereocenters. The quantitative estimate of drug-likeness (QED) is 0.639. The van der Waals surface area contributed by atoms with Crippen LogP contribution in [0.4, 0.5) is 0 Å². The Labute approximate surface area is 107 Å². The van der Waals surface area contributed by atoms with Crippen LogP contribution in [0, 0.1) is 5.92 Å². The second-order valence-corrected chi connectivity index (χ2v) is 4.51. The number of carbonyl (C=O) groups excluding carboxylic acids is 2. The van der Waals surface area contributed by atoms with Crippen molar-refractivity contribution in [3.05, 3.63) is 0 Å². The molecule has 1 unspecified atom stereocenters. The highest BCUT2D eigenvalue weighted by molar-refractivity contribution is 5.83. The second-order valence-electron chi connectivity index (χ2n) is 4.51. The summed E-state index contributed by atoms with van der Waals surface area (Å²) in [5.41, 5.74) is 0. The molecule has 0 aliphatic carbocycles. The van der Waals surface area contributed by atoms with Crippen molar-refractivity contribution >= 4 is 11.9 Å². The minimum Gasteiger partial charge on any atom is -0.467 e. The van der Waals surface area contributed by atoms with Crippen molar-refractivity contribution in [2.45, 2.75) is 25.8 Å². The van der Waals surface area contributed by atoms with Gasteiger partial charge in [-0.05, 0) is 31.8 Å². The maximum Gasteiger partial charge on any atom is 0.330 e. The molecule has 1 fully saturated rings. The van der Waals surface area contributed by atoms with Gasteiger partial charge in [-0.1, -0.05) is 0 Å². The summed E-state index contributed by atoms with van der Waals surface area (Å²) in [6, 6.07) is -0.714. The van der Waals surface area contributed by atoms with Gasteiger partial charge in [0.25, 0.3) is 0 Å². The molecule has 1 heterocycles. The Hall–Kier alpha value is -1.14. The molecule has 0 spiro atoms. The van der Waals surface area contributed by atoms with E-state index in [1.165, 1.54) is 14.0 Å². The third-order valence-corrected chi connectivity index (χ3v) is 2.96. The Morgan fingerprint density at radius 1 is 1.39 bits per heavy atom. The topological polar surface area (TPSA) is 76.7 Å². The first-order valence-corrected chi connectivity index (χ1v) is 6.27. The monoisotopic (exact) mass is 258 g/mol. The molecule has 1 saturated heterocycles. The van der Waals surface area contributed by atoms with Gasteiger partial charge in [-0.2, -0.15) is 0 Å². The fourth-order valence-electron chi connectivity index (χ4n) is 1.96. The van der Waals surface area contributed by atoms with Gasteiger partial charge in [0.05, 0.1) is 13.7 Å². The Morgan fingerprint density at radius 3 is 2.61 bits per heavy atom. The molecule has 18 heavy (non-hydrogen) atoms. The van der Waals surface area contributed by atoms with E-state index in [1.807, 2.05) is 0 Å². The molecule has 0 radical (unpaired) electrons. The second kappa shape index (κ2) is 8.05. The highest BCUT2D eigenvalue weighted by Crippen LogP contribution is 2.11. The van der Waals surface area contributed by atoms with Crippen LogP contribution in [0.1, 0.15) is 19.8 Å². The van der Waals surface area contributed by atoms with Crippen molar-refractivity contribution in [2.75, 3.05) is 33.4 Å². The standard InChI is InChI=1S/C12H22N2O4/c1-9(15)14-11(12(16)17-2)8-18-7-10-3-5-13-6-4-10/h10-11,13H,3-8H2,1-2H3,(H,14,15). The summed E-state index contributed by atoms with van der Waals surface area (Å²) >= 11 is 0.